The highest BCUT2D eigenvalue weighted by Crippen LogP contribution is 2.17. The van der Waals surface area contributed by atoms with Crippen molar-refractivity contribution in [2.45, 2.75) is 257 Å². The fourth-order valence-electron chi connectivity index (χ4n) is 6.92. The van der Waals surface area contributed by atoms with Crippen LogP contribution < -0.4 is 5.32 Å². The first-order chi connectivity index (χ1) is 24.0. The van der Waals surface area contributed by atoms with E-state index in [1.807, 2.05) is 0 Å². The molecule has 4 N–H and O–H groups in total. The van der Waals surface area contributed by atoms with Crippen molar-refractivity contribution < 1.29 is 20.1 Å². The predicted octanol–water partition coefficient (Wildman–Crippen LogP) is 12.4. The Kier molecular flexibility index (Phi) is 39.1. The average Bonchev–Trinajstić information content (AvgIpc) is 3.09. The molecule has 49 heavy (non-hydrogen) atoms. The van der Waals surface area contributed by atoms with Crippen molar-refractivity contribution in [1.29, 1.82) is 0 Å². The number of aliphatic hydroxyl groups excluding tert-OH is 3. The Hall–Kier alpha value is -0.910. The fourth-order valence-corrected chi connectivity index (χ4v) is 6.92. The summed E-state index contributed by atoms with van der Waals surface area (Å²) in [7, 11) is 0. The SMILES string of the molecule is CCCC/C=C\CCCCCC(O)CC(=O)NC(CO)C(O)CCCCCCCCCCCCCCCCCCCCCCCCCCC. The lowest BCUT2D eigenvalue weighted by Crippen LogP contribution is -2.46. The summed E-state index contributed by atoms with van der Waals surface area (Å²) in [4.78, 5) is 12.4. The van der Waals surface area contributed by atoms with Gasteiger partial charge < -0.3 is 20.6 Å². The molecule has 0 aromatic carbocycles. The minimum absolute atomic E-state index is 0.0274. The Bertz CT molecular complexity index is 684. The lowest BCUT2D eigenvalue weighted by molar-refractivity contribution is -0.125. The lowest BCUT2D eigenvalue weighted by atomic mass is 10.0. The molecule has 5 nitrogen and oxygen atoms in total. The van der Waals surface area contributed by atoms with Crippen molar-refractivity contribution >= 4 is 5.91 Å². The molecule has 3 unspecified atom stereocenters. The van der Waals surface area contributed by atoms with Gasteiger partial charge in [-0.25, -0.2) is 0 Å². The van der Waals surface area contributed by atoms with Gasteiger partial charge in [0, 0.05) is 0 Å². The van der Waals surface area contributed by atoms with Crippen LogP contribution >= 0.6 is 0 Å². The highest BCUT2D eigenvalue weighted by atomic mass is 16.3. The number of carbonyl (C=O) groups excluding carboxylic acids is 1. The van der Waals surface area contributed by atoms with E-state index in [1.54, 1.807) is 0 Å². The molecular weight excluding hydrogens is 606 g/mol. The average molecular weight is 694 g/mol. The monoisotopic (exact) mass is 694 g/mol. The summed E-state index contributed by atoms with van der Waals surface area (Å²) in [5, 5.41) is 33.2. The minimum atomic E-state index is -0.749. The number of rotatable bonds is 40. The van der Waals surface area contributed by atoms with E-state index in [2.05, 4.69) is 31.3 Å². The van der Waals surface area contributed by atoms with Gasteiger partial charge in [-0.3, -0.25) is 4.79 Å². The predicted molar refractivity (Wildman–Crippen MR) is 213 cm³/mol. The number of amides is 1. The lowest BCUT2D eigenvalue weighted by Gasteiger charge is -2.23. The molecule has 0 saturated carbocycles. The molecule has 0 aromatic heterocycles. The molecule has 0 bridgehead atoms. The maximum absolute atomic E-state index is 12.4. The molecule has 0 saturated heterocycles. The van der Waals surface area contributed by atoms with Crippen LogP contribution in [0.2, 0.25) is 0 Å². The molecule has 0 aromatic rings. The molecule has 0 radical (unpaired) electrons. The number of carbonyl (C=O) groups is 1. The zero-order valence-electron chi connectivity index (χ0n) is 33.1. The van der Waals surface area contributed by atoms with Gasteiger partial charge in [-0.05, 0) is 32.1 Å². The van der Waals surface area contributed by atoms with Crippen molar-refractivity contribution in [3.63, 3.8) is 0 Å². The fraction of sp³-hybridized carbons (Fsp3) is 0.932. The van der Waals surface area contributed by atoms with Gasteiger partial charge in [0.15, 0.2) is 0 Å². The van der Waals surface area contributed by atoms with Crippen molar-refractivity contribution in [1.82, 2.24) is 5.32 Å². The third-order valence-corrected chi connectivity index (χ3v) is 10.3. The van der Waals surface area contributed by atoms with Crippen LogP contribution in [-0.4, -0.2) is 46.1 Å². The van der Waals surface area contributed by atoms with E-state index in [4.69, 9.17) is 0 Å². The molecule has 0 aliphatic heterocycles. The highest BCUT2D eigenvalue weighted by molar-refractivity contribution is 5.76. The number of allylic oxidation sites excluding steroid dienone is 2. The van der Waals surface area contributed by atoms with Crippen LogP contribution in [0.15, 0.2) is 12.2 Å². The van der Waals surface area contributed by atoms with Gasteiger partial charge in [0.1, 0.15) is 0 Å². The smallest absolute Gasteiger partial charge is 0.222 e. The first-order valence-corrected chi connectivity index (χ1v) is 22.0. The number of aliphatic hydroxyl groups is 3. The summed E-state index contributed by atoms with van der Waals surface area (Å²) < 4.78 is 0. The highest BCUT2D eigenvalue weighted by Gasteiger charge is 2.21. The van der Waals surface area contributed by atoms with Gasteiger partial charge in [0.2, 0.25) is 5.91 Å². The minimum Gasteiger partial charge on any atom is -0.394 e. The standard InChI is InChI=1S/C44H87NO4/c1-3-5-7-9-11-13-14-15-16-17-18-19-20-21-22-23-24-25-26-27-28-30-32-34-36-38-43(48)42(40-46)45-44(49)39-41(47)37-35-33-31-29-12-10-8-6-4-2/h10,12,41-43,46-48H,3-9,11,13-40H2,1-2H3,(H,45,49)/b12-10-. The summed E-state index contributed by atoms with van der Waals surface area (Å²) in [5.74, 6) is -0.292. The maximum atomic E-state index is 12.4. The van der Waals surface area contributed by atoms with Crippen molar-refractivity contribution in [3.8, 4) is 0 Å². The quantitative estimate of drug-likeness (QED) is 0.0380. The van der Waals surface area contributed by atoms with E-state index in [0.29, 0.717) is 12.8 Å². The van der Waals surface area contributed by atoms with Crippen LogP contribution in [0.1, 0.15) is 239 Å². The van der Waals surface area contributed by atoms with E-state index < -0.39 is 18.2 Å². The summed E-state index contributed by atoms with van der Waals surface area (Å²) in [6.45, 7) is 4.21. The molecule has 0 fully saturated rings. The molecular formula is C44H87NO4. The third-order valence-electron chi connectivity index (χ3n) is 10.3. The molecule has 0 aliphatic carbocycles. The second-order valence-electron chi connectivity index (χ2n) is 15.3. The van der Waals surface area contributed by atoms with Gasteiger partial charge in [0.25, 0.3) is 0 Å². The molecule has 0 heterocycles. The Balaban J connectivity index is 3.51. The molecule has 292 valence electrons. The van der Waals surface area contributed by atoms with Crippen molar-refractivity contribution in [2.24, 2.45) is 0 Å². The van der Waals surface area contributed by atoms with E-state index in [-0.39, 0.29) is 18.9 Å². The number of hydrogen-bond acceptors (Lipinski definition) is 4. The van der Waals surface area contributed by atoms with E-state index >= 15 is 0 Å². The third kappa shape index (κ3) is 36.7. The zero-order valence-corrected chi connectivity index (χ0v) is 33.1. The van der Waals surface area contributed by atoms with E-state index in [0.717, 1.165) is 44.9 Å². The number of unbranched alkanes of at least 4 members (excludes halogenated alkanes) is 29. The Morgan fingerprint density at radius 3 is 1.24 bits per heavy atom. The topological polar surface area (TPSA) is 89.8 Å². The van der Waals surface area contributed by atoms with Crippen LogP contribution in [0.5, 0.6) is 0 Å². The van der Waals surface area contributed by atoms with Gasteiger partial charge >= 0.3 is 0 Å². The molecule has 1 amide bonds. The summed E-state index contributed by atoms with van der Waals surface area (Å²) in [5.41, 5.74) is 0. The van der Waals surface area contributed by atoms with Gasteiger partial charge in [-0.1, -0.05) is 212 Å². The van der Waals surface area contributed by atoms with E-state index in [1.165, 1.54) is 161 Å². The Morgan fingerprint density at radius 2 is 0.837 bits per heavy atom. The van der Waals surface area contributed by atoms with Gasteiger partial charge in [-0.15, -0.1) is 0 Å². The second-order valence-corrected chi connectivity index (χ2v) is 15.3. The first-order valence-electron chi connectivity index (χ1n) is 22.0. The molecule has 5 heteroatoms. The van der Waals surface area contributed by atoms with E-state index in [9.17, 15) is 20.1 Å². The maximum Gasteiger partial charge on any atom is 0.222 e. The Labute approximate surface area is 306 Å². The number of hydrogen-bond donors (Lipinski definition) is 4. The molecule has 0 rings (SSSR count). The summed E-state index contributed by atoms with van der Waals surface area (Å²) in [6, 6.07) is -0.659. The molecule has 0 aliphatic rings. The first kappa shape index (κ1) is 48.1. The van der Waals surface area contributed by atoms with Crippen LogP contribution in [0.3, 0.4) is 0 Å². The second kappa shape index (κ2) is 39.9. The largest absolute Gasteiger partial charge is 0.394 e. The van der Waals surface area contributed by atoms with Crippen molar-refractivity contribution in [2.75, 3.05) is 6.61 Å². The van der Waals surface area contributed by atoms with Crippen LogP contribution in [0.25, 0.3) is 0 Å². The summed E-state index contributed by atoms with van der Waals surface area (Å²) >= 11 is 0. The van der Waals surface area contributed by atoms with Crippen LogP contribution in [0, 0.1) is 0 Å². The summed E-state index contributed by atoms with van der Waals surface area (Å²) in [6.07, 6.45) is 46.3. The zero-order chi connectivity index (χ0) is 35.9. The van der Waals surface area contributed by atoms with Gasteiger partial charge in [0.05, 0.1) is 31.3 Å². The van der Waals surface area contributed by atoms with Crippen LogP contribution in [0.4, 0.5) is 0 Å². The normalized spacial score (nSPS) is 13.7. The van der Waals surface area contributed by atoms with Crippen molar-refractivity contribution in [3.05, 3.63) is 12.2 Å². The van der Waals surface area contributed by atoms with Crippen LogP contribution in [-0.2, 0) is 4.79 Å². The van der Waals surface area contributed by atoms with Gasteiger partial charge in [-0.2, -0.15) is 0 Å². The molecule has 0 spiro atoms. The Morgan fingerprint density at radius 1 is 0.490 bits per heavy atom. The number of nitrogens with one attached hydrogen (secondary N) is 1. The molecule has 3 atom stereocenters.